The topological polar surface area (TPSA) is 52.6 Å². The Hall–Kier alpha value is -1.62. The molecule has 0 amide bonds. The highest BCUT2D eigenvalue weighted by molar-refractivity contribution is 5.79. The molecule has 0 spiro atoms. The molecule has 2 N–H and O–H groups in total. The van der Waals surface area contributed by atoms with Crippen LogP contribution in [0.4, 0.5) is 0 Å². The molecule has 1 aliphatic rings. The third-order valence-electron chi connectivity index (χ3n) is 4.24. The number of nitrogens with one attached hydrogen (secondary N) is 2. The summed E-state index contributed by atoms with van der Waals surface area (Å²) in [5.74, 6) is 1.48. The van der Waals surface area contributed by atoms with Crippen molar-refractivity contribution in [3.05, 3.63) is 30.1 Å². The maximum Gasteiger partial charge on any atom is 0.191 e. The van der Waals surface area contributed by atoms with Crippen molar-refractivity contribution in [1.82, 2.24) is 20.5 Å². The van der Waals surface area contributed by atoms with E-state index in [1.165, 1.54) is 25.9 Å². The van der Waals surface area contributed by atoms with Crippen LogP contribution in [0.5, 0.6) is 0 Å². The van der Waals surface area contributed by atoms with Crippen molar-refractivity contribution < 1.29 is 0 Å². The number of aliphatic imine (C=N–C) groups is 1. The van der Waals surface area contributed by atoms with Gasteiger partial charge in [0.15, 0.2) is 5.96 Å². The molecule has 1 saturated heterocycles. The first-order valence-electron chi connectivity index (χ1n) is 8.29. The van der Waals surface area contributed by atoms with Crippen LogP contribution in [0.2, 0.25) is 0 Å². The van der Waals surface area contributed by atoms with E-state index < -0.39 is 0 Å². The molecule has 5 heteroatoms. The zero-order valence-electron chi connectivity index (χ0n) is 14.0. The van der Waals surface area contributed by atoms with E-state index in [1.54, 1.807) is 0 Å². The third kappa shape index (κ3) is 4.98. The maximum absolute atomic E-state index is 4.32. The zero-order valence-corrected chi connectivity index (χ0v) is 14.0. The predicted octanol–water partition coefficient (Wildman–Crippen LogP) is 1.87. The van der Waals surface area contributed by atoms with Gasteiger partial charge >= 0.3 is 0 Å². The highest BCUT2D eigenvalue weighted by Crippen LogP contribution is 2.17. The third-order valence-corrected chi connectivity index (χ3v) is 4.24. The summed E-state index contributed by atoms with van der Waals surface area (Å²) in [5.41, 5.74) is 1.02. The van der Waals surface area contributed by atoms with E-state index in [-0.39, 0.29) is 0 Å². The quantitative estimate of drug-likeness (QED) is 0.622. The molecule has 5 nitrogen and oxygen atoms in total. The second-order valence-corrected chi connectivity index (χ2v) is 6.18. The SMILES string of the molecule is CN=C(NCc1ccccn1)NCC(C(C)C)N1CCCC1. The molecule has 0 bridgehead atoms. The average molecular weight is 303 g/mol. The van der Waals surface area contributed by atoms with Gasteiger partial charge in [-0.3, -0.25) is 14.9 Å². The monoisotopic (exact) mass is 303 g/mol. The number of hydrogen-bond donors (Lipinski definition) is 2. The van der Waals surface area contributed by atoms with Gasteiger partial charge in [-0.15, -0.1) is 0 Å². The van der Waals surface area contributed by atoms with E-state index >= 15 is 0 Å². The van der Waals surface area contributed by atoms with E-state index in [4.69, 9.17) is 0 Å². The maximum atomic E-state index is 4.32. The van der Waals surface area contributed by atoms with Gasteiger partial charge < -0.3 is 10.6 Å². The van der Waals surface area contributed by atoms with Gasteiger partial charge in [-0.25, -0.2) is 0 Å². The highest BCUT2D eigenvalue weighted by Gasteiger charge is 2.24. The summed E-state index contributed by atoms with van der Waals surface area (Å²) >= 11 is 0. The van der Waals surface area contributed by atoms with Gasteiger partial charge in [-0.2, -0.15) is 0 Å². The lowest BCUT2D eigenvalue weighted by atomic mass is 10.0. The van der Waals surface area contributed by atoms with E-state index in [1.807, 2.05) is 31.4 Å². The van der Waals surface area contributed by atoms with Crippen LogP contribution in [0.3, 0.4) is 0 Å². The van der Waals surface area contributed by atoms with Gasteiger partial charge in [0.25, 0.3) is 0 Å². The molecule has 0 saturated carbocycles. The van der Waals surface area contributed by atoms with E-state index in [9.17, 15) is 0 Å². The summed E-state index contributed by atoms with van der Waals surface area (Å²) in [7, 11) is 1.81. The summed E-state index contributed by atoms with van der Waals surface area (Å²) in [6, 6.07) is 6.51. The summed E-state index contributed by atoms with van der Waals surface area (Å²) in [4.78, 5) is 11.2. The van der Waals surface area contributed by atoms with Crippen LogP contribution in [0.25, 0.3) is 0 Å². The van der Waals surface area contributed by atoms with Crippen LogP contribution >= 0.6 is 0 Å². The fraction of sp³-hybridized carbons (Fsp3) is 0.647. The van der Waals surface area contributed by atoms with Crippen molar-refractivity contribution in [3.8, 4) is 0 Å². The molecule has 0 aliphatic carbocycles. The molecule has 1 aromatic rings. The largest absolute Gasteiger partial charge is 0.355 e. The molecule has 1 aromatic heterocycles. The smallest absolute Gasteiger partial charge is 0.191 e. The van der Waals surface area contributed by atoms with Crippen molar-refractivity contribution in [3.63, 3.8) is 0 Å². The molecule has 22 heavy (non-hydrogen) atoms. The van der Waals surface area contributed by atoms with E-state index in [0.717, 1.165) is 18.2 Å². The molecule has 1 aliphatic heterocycles. The second kappa shape index (κ2) is 8.73. The van der Waals surface area contributed by atoms with Crippen molar-refractivity contribution >= 4 is 5.96 Å². The molecule has 0 aromatic carbocycles. The minimum Gasteiger partial charge on any atom is -0.355 e. The molecule has 1 fully saturated rings. The fourth-order valence-electron chi connectivity index (χ4n) is 2.96. The number of likely N-dealkylation sites (tertiary alicyclic amines) is 1. The first kappa shape index (κ1) is 16.7. The standard InChI is InChI=1S/C17H29N5/c1-14(2)16(22-10-6-7-11-22)13-21-17(18-3)20-12-15-8-4-5-9-19-15/h4-5,8-9,14,16H,6-7,10-13H2,1-3H3,(H2,18,20,21). The number of hydrogen-bond acceptors (Lipinski definition) is 3. The van der Waals surface area contributed by atoms with Crippen LogP contribution in [-0.2, 0) is 6.54 Å². The Balaban J connectivity index is 1.81. The minimum absolute atomic E-state index is 0.566. The number of rotatable bonds is 6. The summed E-state index contributed by atoms with van der Waals surface area (Å²) in [5, 5.41) is 6.80. The molecule has 2 rings (SSSR count). The van der Waals surface area contributed by atoms with Gasteiger partial charge in [0.05, 0.1) is 12.2 Å². The van der Waals surface area contributed by atoms with Gasteiger partial charge in [0.1, 0.15) is 0 Å². The van der Waals surface area contributed by atoms with Crippen LogP contribution in [-0.4, -0.2) is 48.6 Å². The van der Waals surface area contributed by atoms with Crippen LogP contribution < -0.4 is 10.6 Å². The van der Waals surface area contributed by atoms with Gasteiger partial charge in [0, 0.05) is 25.8 Å². The Morgan fingerprint density at radius 3 is 2.64 bits per heavy atom. The average Bonchev–Trinajstić information content (AvgIpc) is 3.05. The molecule has 0 radical (unpaired) electrons. The molecular weight excluding hydrogens is 274 g/mol. The van der Waals surface area contributed by atoms with Gasteiger partial charge in [0.2, 0.25) is 0 Å². The fourth-order valence-corrected chi connectivity index (χ4v) is 2.96. The van der Waals surface area contributed by atoms with Crippen molar-refractivity contribution in [2.45, 2.75) is 39.3 Å². The van der Waals surface area contributed by atoms with Crippen LogP contribution in [0, 0.1) is 5.92 Å². The zero-order chi connectivity index (χ0) is 15.8. The Morgan fingerprint density at radius 1 is 1.27 bits per heavy atom. The Labute approximate surface area is 134 Å². The minimum atomic E-state index is 0.566. The van der Waals surface area contributed by atoms with Crippen molar-refractivity contribution in [2.75, 3.05) is 26.7 Å². The number of pyridine rings is 1. The van der Waals surface area contributed by atoms with E-state index in [0.29, 0.717) is 18.5 Å². The summed E-state index contributed by atoms with van der Waals surface area (Å²) in [6.07, 6.45) is 4.47. The summed E-state index contributed by atoms with van der Waals surface area (Å²) < 4.78 is 0. The predicted molar refractivity (Wildman–Crippen MR) is 91.9 cm³/mol. The van der Waals surface area contributed by atoms with Crippen LogP contribution in [0.15, 0.2) is 29.4 Å². The van der Waals surface area contributed by atoms with Gasteiger partial charge in [-0.05, 0) is 44.0 Å². The molecule has 122 valence electrons. The van der Waals surface area contributed by atoms with Crippen LogP contribution in [0.1, 0.15) is 32.4 Å². The van der Waals surface area contributed by atoms with Gasteiger partial charge in [-0.1, -0.05) is 19.9 Å². The number of aromatic nitrogens is 1. The lowest BCUT2D eigenvalue weighted by molar-refractivity contribution is 0.192. The molecule has 2 heterocycles. The van der Waals surface area contributed by atoms with Crippen molar-refractivity contribution in [2.24, 2.45) is 10.9 Å². The lowest BCUT2D eigenvalue weighted by Crippen LogP contribution is -2.48. The second-order valence-electron chi connectivity index (χ2n) is 6.18. The van der Waals surface area contributed by atoms with Crippen molar-refractivity contribution in [1.29, 1.82) is 0 Å². The Kier molecular flexibility index (Phi) is 6.65. The number of guanidine groups is 1. The molecule has 1 unspecified atom stereocenters. The Bertz CT molecular complexity index is 451. The molecule has 1 atom stereocenters. The summed E-state index contributed by atoms with van der Waals surface area (Å²) in [6.45, 7) is 8.68. The highest BCUT2D eigenvalue weighted by atomic mass is 15.2. The first-order chi connectivity index (χ1) is 10.7. The lowest BCUT2D eigenvalue weighted by Gasteiger charge is -2.31. The Morgan fingerprint density at radius 2 is 2.05 bits per heavy atom. The first-order valence-corrected chi connectivity index (χ1v) is 8.29. The normalized spacial score (nSPS) is 17.7. The number of nitrogens with zero attached hydrogens (tertiary/aromatic N) is 3. The van der Waals surface area contributed by atoms with E-state index in [2.05, 4.69) is 39.4 Å². The molecular formula is C17H29N5.